The fourth-order valence-corrected chi connectivity index (χ4v) is 4.70. The van der Waals surface area contributed by atoms with E-state index in [4.69, 9.17) is 4.99 Å². The van der Waals surface area contributed by atoms with Crippen molar-refractivity contribution in [2.24, 2.45) is 4.99 Å². The molecule has 0 saturated heterocycles. The van der Waals surface area contributed by atoms with Crippen LogP contribution in [0.5, 0.6) is 0 Å². The lowest BCUT2D eigenvalue weighted by molar-refractivity contribution is 1.38. The molecule has 1 aliphatic heterocycles. The molecule has 1 N–H and O–H groups in total. The fourth-order valence-electron chi connectivity index (χ4n) is 4.70. The molecule has 2 heteroatoms. The van der Waals surface area contributed by atoms with Gasteiger partial charge in [0.1, 0.15) is 0 Å². The third-order valence-corrected chi connectivity index (χ3v) is 6.32. The van der Waals surface area contributed by atoms with Gasteiger partial charge in [-0.15, -0.1) is 0 Å². The largest absolute Gasteiger partial charge is 0.354 e. The highest BCUT2D eigenvalue weighted by Gasteiger charge is 2.22. The van der Waals surface area contributed by atoms with Gasteiger partial charge in [-0.05, 0) is 37.6 Å². The van der Waals surface area contributed by atoms with E-state index in [9.17, 15) is 0 Å². The van der Waals surface area contributed by atoms with Crippen LogP contribution in [0.25, 0.3) is 33.8 Å². The molecule has 2 heterocycles. The van der Waals surface area contributed by atoms with Crippen LogP contribution in [0.4, 0.5) is 0 Å². The van der Waals surface area contributed by atoms with Gasteiger partial charge < -0.3 is 4.98 Å². The standard InChI is InChI=1S/C31H24N2/c1-20-13-15-24-26(17-20)30(22-9-5-3-6-10-22)32-28(24)19-29-25-16-14-21(2)18-27(25)31(33-29)23-11-7-4-8-12-23/h3-19,32H,1-2H3. The Kier molecular flexibility index (Phi) is 4.58. The summed E-state index contributed by atoms with van der Waals surface area (Å²) in [5.74, 6) is 0. The minimum atomic E-state index is 0.993. The van der Waals surface area contributed by atoms with Crippen molar-refractivity contribution in [1.29, 1.82) is 0 Å². The lowest BCUT2D eigenvalue weighted by Crippen LogP contribution is -2.00. The van der Waals surface area contributed by atoms with E-state index >= 15 is 0 Å². The molecular formula is C31H24N2. The van der Waals surface area contributed by atoms with Crippen molar-refractivity contribution in [2.75, 3.05) is 0 Å². The van der Waals surface area contributed by atoms with Gasteiger partial charge in [0, 0.05) is 33.2 Å². The van der Waals surface area contributed by atoms with E-state index in [1.807, 2.05) is 6.07 Å². The topological polar surface area (TPSA) is 28.1 Å². The van der Waals surface area contributed by atoms with Gasteiger partial charge in [0.15, 0.2) is 0 Å². The van der Waals surface area contributed by atoms with Crippen LogP contribution in [-0.2, 0) is 0 Å². The first-order valence-corrected chi connectivity index (χ1v) is 11.3. The predicted octanol–water partition coefficient (Wildman–Crippen LogP) is 7.80. The molecule has 0 spiro atoms. The summed E-state index contributed by atoms with van der Waals surface area (Å²) in [7, 11) is 0. The minimum Gasteiger partial charge on any atom is -0.354 e. The van der Waals surface area contributed by atoms with Crippen LogP contribution in [0.3, 0.4) is 0 Å². The van der Waals surface area contributed by atoms with Crippen LogP contribution in [0.1, 0.15) is 33.5 Å². The normalized spacial score (nSPS) is 14.0. The molecule has 0 fully saturated rings. The molecule has 158 valence electrons. The third kappa shape index (κ3) is 3.41. The maximum Gasteiger partial charge on any atom is 0.0788 e. The van der Waals surface area contributed by atoms with Crippen molar-refractivity contribution in [3.63, 3.8) is 0 Å². The Hall–Kier alpha value is -4.17. The summed E-state index contributed by atoms with van der Waals surface area (Å²) in [4.78, 5) is 8.84. The smallest absolute Gasteiger partial charge is 0.0788 e. The Labute approximate surface area is 194 Å². The zero-order chi connectivity index (χ0) is 22.4. The molecule has 0 bridgehead atoms. The average Bonchev–Trinajstić information content (AvgIpc) is 3.38. The van der Waals surface area contributed by atoms with Crippen molar-refractivity contribution in [3.8, 4) is 11.3 Å². The molecule has 6 rings (SSSR count). The molecular weight excluding hydrogens is 400 g/mol. The van der Waals surface area contributed by atoms with Gasteiger partial charge in [-0.2, -0.15) is 0 Å². The summed E-state index contributed by atoms with van der Waals surface area (Å²) in [6, 6.07) is 34.3. The Balaban J connectivity index is 1.57. The van der Waals surface area contributed by atoms with Gasteiger partial charge in [-0.3, -0.25) is 0 Å². The second kappa shape index (κ2) is 7.75. The maximum atomic E-state index is 5.13. The van der Waals surface area contributed by atoms with E-state index in [0.29, 0.717) is 0 Å². The first-order valence-electron chi connectivity index (χ1n) is 11.3. The number of aromatic amines is 1. The third-order valence-electron chi connectivity index (χ3n) is 6.32. The molecule has 5 aromatic rings. The number of aryl methyl sites for hydroxylation is 2. The molecule has 0 unspecified atom stereocenters. The van der Waals surface area contributed by atoms with Crippen LogP contribution >= 0.6 is 0 Å². The highest BCUT2D eigenvalue weighted by molar-refractivity contribution is 6.22. The van der Waals surface area contributed by atoms with Crippen LogP contribution in [0.2, 0.25) is 0 Å². The first kappa shape index (κ1) is 19.5. The Bertz CT molecular complexity index is 1550. The first-order chi connectivity index (χ1) is 16.2. The molecule has 33 heavy (non-hydrogen) atoms. The van der Waals surface area contributed by atoms with Crippen molar-refractivity contribution < 1.29 is 0 Å². The molecule has 0 amide bonds. The van der Waals surface area contributed by atoms with Crippen molar-refractivity contribution >= 4 is 28.3 Å². The molecule has 0 atom stereocenters. The van der Waals surface area contributed by atoms with Gasteiger partial charge in [0.05, 0.1) is 17.1 Å². The maximum absolute atomic E-state index is 5.13. The van der Waals surface area contributed by atoms with Crippen LogP contribution in [0.15, 0.2) is 102 Å². The number of nitrogens with one attached hydrogen (secondary N) is 1. The lowest BCUT2D eigenvalue weighted by Gasteiger charge is -2.04. The molecule has 1 aromatic heterocycles. The van der Waals surface area contributed by atoms with E-state index in [0.717, 1.165) is 28.4 Å². The number of aliphatic imine (C=N–C) groups is 1. The van der Waals surface area contributed by atoms with Crippen molar-refractivity contribution in [1.82, 2.24) is 4.98 Å². The Morgan fingerprint density at radius 3 is 2.06 bits per heavy atom. The zero-order valence-corrected chi connectivity index (χ0v) is 18.8. The summed E-state index contributed by atoms with van der Waals surface area (Å²) in [5.41, 5.74) is 11.5. The van der Waals surface area contributed by atoms with Gasteiger partial charge in [-0.1, -0.05) is 96.1 Å². The molecule has 0 saturated carbocycles. The van der Waals surface area contributed by atoms with E-state index < -0.39 is 0 Å². The highest BCUT2D eigenvalue weighted by Crippen LogP contribution is 2.37. The summed E-state index contributed by atoms with van der Waals surface area (Å²) < 4.78 is 0. The number of benzene rings is 4. The van der Waals surface area contributed by atoms with Gasteiger partial charge in [0.25, 0.3) is 0 Å². The highest BCUT2D eigenvalue weighted by atomic mass is 14.8. The average molecular weight is 425 g/mol. The van der Waals surface area contributed by atoms with Gasteiger partial charge in [0.2, 0.25) is 0 Å². The van der Waals surface area contributed by atoms with Crippen LogP contribution in [0, 0.1) is 13.8 Å². The summed E-state index contributed by atoms with van der Waals surface area (Å²) in [5, 5.41) is 2.45. The monoisotopic (exact) mass is 424 g/mol. The fraction of sp³-hybridized carbons (Fsp3) is 0.0645. The van der Waals surface area contributed by atoms with Gasteiger partial charge in [-0.25, -0.2) is 4.99 Å². The molecule has 0 radical (unpaired) electrons. The van der Waals surface area contributed by atoms with Crippen molar-refractivity contribution in [2.45, 2.75) is 13.8 Å². The lowest BCUT2D eigenvalue weighted by atomic mass is 9.97. The van der Waals surface area contributed by atoms with Crippen LogP contribution in [-0.4, -0.2) is 10.7 Å². The van der Waals surface area contributed by atoms with E-state index in [1.165, 1.54) is 38.6 Å². The number of rotatable bonds is 3. The summed E-state index contributed by atoms with van der Waals surface area (Å²) in [6.07, 6.45) is 2.20. The SMILES string of the molecule is Cc1ccc2c(c1)C(c1ccccc1)=NC2=Cc1[nH]c(-c2ccccc2)c2cc(C)ccc12. The second-order valence-electron chi connectivity index (χ2n) is 8.73. The quantitative estimate of drug-likeness (QED) is 0.306. The minimum absolute atomic E-state index is 0.993. The summed E-state index contributed by atoms with van der Waals surface area (Å²) >= 11 is 0. The second-order valence-corrected chi connectivity index (χ2v) is 8.73. The van der Waals surface area contributed by atoms with Gasteiger partial charge >= 0.3 is 0 Å². The molecule has 4 aromatic carbocycles. The zero-order valence-electron chi connectivity index (χ0n) is 18.8. The molecule has 1 aliphatic rings. The Morgan fingerprint density at radius 2 is 1.30 bits per heavy atom. The summed E-state index contributed by atoms with van der Waals surface area (Å²) in [6.45, 7) is 4.28. The molecule has 2 nitrogen and oxygen atoms in total. The number of H-pyrrole nitrogens is 1. The van der Waals surface area contributed by atoms with E-state index in [1.54, 1.807) is 0 Å². The number of hydrogen-bond donors (Lipinski definition) is 1. The van der Waals surface area contributed by atoms with E-state index in [2.05, 4.69) is 116 Å². The number of fused-ring (bicyclic) bond motifs is 2. The Morgan fingerprint density at radius 1 is 0.636 bits per heavy atom. The predicted molar refractivity (Wildman–Crippen MR) is 140 cm³/mol. The number of aromatic nitrogens is 1. The van der Waals surface area contributed by atoms with Crippen LogP contribution < -0.4 is 0 Å². The van der Waals surface area contributed by atoms with E-state index in [-0.39, 0.29) is 0 Å². The number of nitrogens with zero attached hydrogens (tertiary/aromatic N) is 1. The van der Waals surface area contributed by atoms with Crippen molar-refractivity contribution in [3.05, 3.63) is 131 Å². The number of hydrogen-bond acceptors (Lipinski definition) is 1. The molecule has 0 aliphatic carbocycles.